The van der Waals surface area contributed by atoms with Crippen LogP contribution in [0, 0.1) is 12.9 Å². The van der Waals surface area contributed by atoms with E-state index in [1.165, 1.54) is 24.4 Å². The highest BCUT2D eigenvalue weighted by atomic mass is 32.2. The molecule has 4 amide bonds. The first kappa shape index (κ1) is 28.6. The van der Waals surface area contributed by atoms with Crippen molar-refractivity contribution in [3.8, 4) is 11.1 Å². The van der Waals surface area contributed by atoms with E-state index in [0.717, 1.165) is 21.6 Å². The number of imide groups is 1. The highest BCUT2D eigenvalue weighted by Crippen LogP contribution is 2.23. The summed E-state index contributed by atoms with van der Waals surface area (Å²) in [4.78, 5) is 44.3. The molecule has 214 valence electrons. The van der Waals surface area contributed by atoms with E-state index in [-0.39, 0.29) is 17.7 Å². The monoisotopic (exact) mass is 586 g/mol. The van der Waals surface area contributed by atoms with Crippen molar-refractivity contribution in [1.82, 2.24) is 19.9 Å². The second-order valence-electron chi connectivity index (χ2n) is 9.97. The Hall–Kier alpha value is -4.90. The minimum Gasteiger partial charge on any atom is -0.325 e. The van der Waals surface area contributed by atoms with E-state index in [1.54, 1.807) is 79.7 Å². The molecule has 0 radical (unpaired) electrons. The summed E-state index contributed by atoms with van der Waals surface area (Å²) in [7, 11) is -4.27. The van der Waals surface area contributed by atoms with Crippen molar-refractivity contribution in [2.45, 2.75) is 36.7 Å². The molecule has 1 aliphatic heterocycles. The fourth-order valence-corrected chi connectivity index (χ4v) is 5.76. The lowest BCUT2D eigenvalue weighted by Gasteiger charge is -2.24. The number of carbonyl (C=O) groups is 3. The number of aromatic nitrogens is 1. The number of amides is 4. The number of hydrogen-bond acceptors (Lipinski definition) is 6. The molecule has 9 nitrogen and oxygen atoms in total. The molecule has 2 N–H and O–H groups in total. The molecule has 0 spiro atoms. The molecule has 42 heavy (non-hydrogen) atoms. The predicted molar refractivity (Wildman–Crippen MR) is 153 cm³/mol. The Balaban J connectivity index is 1.36. The smallest absolute Gasteiger partial charge is 0.325 e. The summed E-state index contributed by atoms with van der Waals surface area (Å²) in [6.45, 7) is 1.80. The van der Waals surface area contributed by atoms with Crippen LogP contribution in [0.15, 0.2) is 102 Å². The zero-order valence-corrected chi connectivity index (χ0v) is 23.3. The van der Waals surface area contributed by atoms with Crippen LogP contribution in [-0.2, 0) is 32.5 Å². The molecule has 0 saturated carbocycles. The molecule has 1 aliphatic rings. The number of benzene rings is 3. The minimum atomic E-state index is -4.27. The molecule has 1 fully saturated rings. The second-order valence-corrected chi connectivity index (χ2v) is 11.6. The van der Waals surface area contributed by atoms with Crippen molar-refractivity contribution in [3.63, 3.8) is 0 Å². The van der Waals surface area contributed by atoms with Gasteiger partial charge >= 0.3 is 6.03 Å². The van der Waals surface area contributed by atoms with Gasteiger partial charge in [0.2, 0.25) is 5.95 Å². The largest absolute Gasteiger partial charge is 0.325 e. The van der Waals surface area contributed by atoms with Crippen LogP contribution < -0.4 is 10.0 Å². The number of sulfonamides is 1. The molecule has 4 aromatic rings. The number of halogens is 1. The summed E-state index contributed by atoms with van der Waals surface area (Å²) in [6, 6.07) is 21.5. The SMILES string of the molecule is Cc1ccc(S(=O)(=O)NC(=O)[C@H](Cc2ccccc2)N2C(=O)N[C@@H](Cc3ccc(-c4ccnc(F)c4)cc3)C2=O)cc1. The van der Waals surface area contributed by atoms with Gasteiger partial charge in [0, 0.05) is 25.1 Å². The van der Waals surface area contributed by atoms with E-state index in [9.17, 15) is 27.2 Å². The van der Waals surface area contributed by atoms with Crippen LogP contribution in [0.1, 0.15) is 16.7 Å². The number of rotatable bonds is 9. The lowest BCUT2D eigenvalue weighted by molar-refractivity contribution is -0.135. The molecule has 11 heteroatoms. The normalized spacial score (nSPS) is 15.8. The molecule has 0 aliphatic carbocycles. The van der Waals surface area contributed by atoms with E-state index in [2.05, 4.69) is 10.3 Å². The first-order valence-corrected chi connectivity index (χ1v) is 14.6. The number of aryl methyl sites for hydroxylation is 1. The Kier molecular flexibility index (Phi) is 8.12. The van der Waals surface area contributed by atoms with E-state index >= 15 is 0 Å². The average Bonchev–Trinajstić information content (AvgIpc) is 3.24. The van der Waals surface area contributed by atoms with E-state index in [0.29, 0.717) is 11.1 Å². The van der Waals surface area contributed by atoms with Gasteiger partial charge in [-0.05, 0) is 47.4 Å². The van der Waals surface area contributed by atoms with E-state index < -0.39 is 45.9 Å². The summed E-state index contributed by atoms with van der Waals surface area (Å²) in [5.41, 5.74) is 3.59. The van der Waals surface area contributed by atoms with Crippen molar-refractivity contribution in [2.24, 2.45) is 0 Å². The maximum Gasteiger partial charge on any atom is 0.325 e. The third-order valence-electron chi connectivity index (χ3n) is 6.96. The molecule has 3 aromatic carbocycles. The molecule has 1 saturated heterocycles. The van der Waals surface area contributed by atoms with E-state index in [1.807, 2.05) is 4.72 Å². The number of urea groups is 1. The van der Waals surface area contributed by atoms with E-state index in [4.69, 9.17) is 0 Å². The van der Waals surface area contributed by atoms with Crippen LogP contribution in [0.25, 0.3) is 11.1 Å². The van der Waals surface area contributed by atoms with Crippen molar-refractivity contribution in [1.29, 1.82) is 0 Å². The Morgan fingerprint density at radius 3 is 2.31 bits per heavy atom. The fraction of sp³-hybridized carbons (Fsp3) is 0.161. The first-order valence-electron chi connectivity index (χ1n) is 13.1. The van der Waals surface area contributed by atoms with Gasteiger partial charge in [0.15, 0.2) is 0 Å². The predicted octanol–water partition coefficient (Wildman–Crippen LogP) is 3.78. The minimum absolute atomic E-state index is 0.0842. The van der Waals surface area contributed by atoms with Gasteiger partial charge in [-0.2, -0.15) is 4.39 Å². The third kappa shape index (κ3) is 6.36. The number of nitrogens with one attached hydrogen (secondary N) is 2. The lowest BCUT2D eigenvalue weighted by Crippen LogP contribution is -2.52. The van der Waals surface area contributed by atoms with Crippen molar-refractivity contribution in [2.75, 3.05) is 0 Å². The second kappa shape index (κ2) is 11.9. The van der Waals surface area contributed by atoms with Crippen LogP contribution in [-0.4, -0.2) is 48.2 Å². The molecule has 1 aromatic heterocycles. The summed E-state index contributed by atoms with van der Waals surface area (Å²) >= 11 is 0. The molecule has 0 unspecified atom stereocenters. The topological polar surface area (TPSA) is 126 Å². The Bertz CT molecular complexity index is 1730. The summed E-state index contributed by atoms with van der Waals surface area (Å²) in [5, 5.41) is 2.63. The number of nitrogens with zero attached hydrogens (tertiary/aromatic N) is 2. The highest BCUT2D eigenvalue weighted by Gasteiger charge is 2.45. The summed E-state index contributed by atoms with van der Waals surface area (Å²) in [6.07, 6.45) is 1.42. The van der Waals surface area contributed by atoms with Crippen LogP contribution in [0.5, 0.6) is 0 Å². The van der Waals surface area contributed by atoms with Crippen LogP contribution in [0.2, 0.25) is 0 Å². The third-order valence-corrected chi connectivity index (χ3v) is 8.32. The molecule has 2 heterocycles. The summed E-state index contributed by atoms with van der Waals surface area (Å²) < 4.78 is 41.5. The van der Waals surface area contributed by atoms with Gasteiger partial charge in [-0.25, -0.2) is 27.8 Å². The van der Waals surface area contributed by atoms with Gasteiger partial charge in [-0.3, -0.25) is 9.59 Å². The Morgan fingerprint density at radius 2 is 1.64 bits per heavy atom. The standard InChI is InChI=1S/C31H27FN4O5S/c1-20-7-13-25(14-8-20)42(40,41)35-29(37)27(18-21-5-3-2-4-6-21)36-30(38)26(34-31(36)39)17-22-9-11-23(12-10-22)24-15-16-33-28(32)19-24/h2-16,19,26-27H,17-18H2,1H3,(H,34,39)(H,35,37)/t26-,27-/m0/s1. The molecule has 0 bridgehead atoms. The average molecular weight is 587 g/mol. The maximum absolute atomic E-state index is 13.5. The van der Waals surface area contributed by atoms with Gasteiger partial charge in [-0.1, -0.05) is 72.3 Å². The highest BCUT2D eigenvalue weighted by molar-refractivity contribution is 7.90. The maximum atomic E-state index is 13.5. The summed E-state index contributed by atoms with van der Waals surface area (Å²) in [5.74, 6) is -2.25. The number of carbonyl (C=O) groups excluding carboxylic acids is 3. The molecule has 5 rings (SSSR count). The fourth-order valence-electron chi connectivity index (χ4n) is 4.75. The molecular weight excluding hydrogens is 559 g/mol. The van der Waals surface area contributed by atoms with Gasteiger partial charge < -0.3 is 5.32 Å². The lowest BCUT2D eigenvalue weighted by atomic mass is 10.0. The van der Waals surface area contributed by atoms with Crippen molar-refractivity contribution in [3.05, 3.63) is 120 Å². The van der Waals surface area contributed by atoms with Crippen LogP contribution in [0.3, 0.4) is 0 Å². The van der Waals surface area contributed by atoms with Gasteiger partial charge in [-0.15, -0.1) is 0 Å². The Morgan fingerprint density at radius 1 is 0.952 bits per heavy atom. The van der Waals surface area contributed by atoms with Crippen molar-refractivity contribution < 1.29 is 27.2 Å². The van der Waals surface area contributed by atoms with Crippen molar-refractivity contribution >= 4 is 27.9 Å². The quantitative estimate of drug-likeness (QED) is 0.227. The number of pyridine rings is 1. The zero-order valence-electron chi connectivity index (χ0n) is 22.5. The first-order chi connectivity index (χ1) is 20.1. The molecule has 2 atom stereocenters. The van der Waals surface area contributed by atoms with Gasteiger partial charge in [0.05, 0.1) is 4.90 Å². The van der Waals surface area contributed by atoms with Crippen LogP contribution >= 0.6 is 0 Å². The number of hydrogen-bond donors (Lipinski definition) is 2. The molecular formula is C31H27FN4O5S. The van der Waals surface area contributed by atoms with Gasteiger partial charge in [0.1, 0.15) is 12.1 Å². The zero-order chi connectivity index (χ0) is 29.9. The van der Waals surface area contributed by atoms with Crippen LogP contribution in [0.4, 0.5) is 9.18 Å². The Labute approximate surface area is 242 Å². The van der Waals surface area contributed by atoms with Gasteiger partial charge in [0.25, 0.3) is 21.8 Å².